The number of carbonyl (C=O) groups excluding carboxylic acids is 1. The van der Waals surface area contributed by atoms with E-state index in [1.165, 1.54) is 18.1 Å². The van der Waals surface area contributed by atoms with E-state index >= 15 is 0 Å². The Morgan fingerprint density at radius 2 is 1.63 bits per heavy atom. The molecule has 0 fully saturated rings. The molecule has 0 saturated heterocycles. The number of aliphatic carboxylic acids is 1. The highest BCUT2D eigenvalue weighted by Gasteiger charge is 2.28. The lowest BCUT2D eigenvalue weighted by Crippen LogP contribution is -2.35. The van der Waals surface area contributed by atoms with E-state index in [1.807, 2.05) is 18.7 Å². The molecule has 1 heterocycles. The average Bonchev–Trinajstić information content (AvgIpc) is 2.94. The normalized spacial score (nSPS) is 11.9. The molecule has 12 nitrogen and oxygen atoms in total. The van der Waals surface area contributed by atoms with E-state index in [0.29, 0.717) is 24.4 Å². The SMILES string of the molecule is CCN(CC)c1ncc(N(C)S(=O)(=O)c2ccc(F)cc2)c(NC(Cc2ccc(OC(=O)N(C)C)cc2)C(=O)O)n1. The van der Waals surface area contributed by atoms with Crippen LogP contribution in [0.15, 0.2) is 59.6 Å². The van der Waals surface area contributed by atoms with Crippen molar-refractivity contribution in [1.29, 1.82) is 0 Å². The molecule has 0 aliphatic rings. The standard InChI is InChI=1S/C27H33FN6O6S/c1-6-34(7-2)26-29-17-23(33(5)41(38,39)21-14-10-19(28)11-15-21)24(31-26)30-22(25(35)36)16-18-8-12-20(13-9-18)40-27(37)32(3)4/h8-15,17,22H,6-7,16H2,1-5H3,(H,35,36)(H,29,30,31). The Kier molecular flexibility index (Phi) is 10.1. The first-order chi connectivity index (χ1) is 19.4. The van der Waals surface area contributed by atoms with Gasteiger partial charge in [0.15, 0.2) is 5.82 Å². The number of nitrogens with zero attached hydrogens (tertiary/aromatic N) is 5. The summed E-state index contributed by atoms with van der Waals surface area (Å²) in [7, 11) is 0.212. The predicted octanol–water partition coefficient (Wildman–Crippen LogP) is 3.46. The van der Waals surface area contributed by atoms with Gasteiger partial charge in [-0.15, -0.1) is 0 Å². The Morgan fingerprint density at radius 3 is 2.17 bits per heavy atom. The van der Waals surface area contributed by atoms with Crippen molar-refractivity contribution in [3.8, 4) is 5.75 Å². The summed E-state index contributed by atoms with van der Waals surface area (Å²) in [5.74, 6) is -1.23. The van der Waals surface area contributed by atoms with Crippen molar-refractivity contribution in [3.63, 3.8) is 0 Å². The van der Waals surface area contributed by atoms with Gasteiger partial charge in [0.2, 0.25) is 5.95 Å². The number of sulfonamides is 1. The fourth-order valence-electron chi connectivity index (χ4n) is 3.74. The van der Waals surface area contributed by atoms with Gasteiger partial charge in [0, 0.05) is 40.7 Å². The molecule has 0 radical (unpaired) electrons. The Morgan fingerprint density at radius 1 is 1.02 bits per heavy atom. The lowest BCUT2D eigenvalue weighted by Gasteiger charge is -2.26. The minimum atomic E-state index is -4.17. The van der Waals surface area contributed by atoms with Gasteiger partial charge in [0.1, 0.15) is 23.3 Å². The third-order valence-corrected chi connectivity index (χ3v) is 7.94. The molecule has 0 aliphatic heterocycles. The summed E-state index contributed by atoms with van der Waals surface area (Å²) in [5.41, 5.74) is 0.615. The maximum atomic E-state index is 13.4. The monoisotopic (exact) mass is 588 g/mol. The average molecular weight is 589 g/mol. The van der Waals surface area contributed by atoms with Gasteiger partial charge < -0.3 is 25.0 Å². The van der Waals surface area contributed by atoms with Gasteiger partial charge in [-0.2, -0.15) is 4.98 Å². The van der Waals surface area contributed by atoms with Gasteiger partial charge in [0.25, 0.3) is 10.0 Å². The van der Waals surface area contributed by atoms with Crippen LogP contribution < -0.4 is 19.3 Å². The number of hydrogen-bond acceptors (Lipinski definition) is 9. The van der Waals surface area contributed by atoms with Crippen molar-refractivity contribution in [1.82, 2.24) is 14.9 Å². The van der Waals surface area contributed by atoms with Crippen molar-refractivity contribution in [2.75, 3.05) is 48.8 Å². The number of benzene rings is 2. The topological polar surface area (TPSA) is 145 Å². The van der Waals surface area contributed by atoms with E-state index < -0.39 is 33.9 Å². The molecule has 1 atom stereocenters. The number of hydrogen-bond donors (Lipinski definition) is 2. The lowest BCUT2D eigenvalue weighted by atomic mass is 10.1. The Hall–Kier alpha value is -4.46. The molecular formula is C27H33FN6O6S. The summed E-state index contributed by atoms with van der Waals surface area (Å²) in [6, 6.07) is 9.48. The fourth-order valence-corrected chi connectivity index (χ4v) is 4.93. The number of carboxylic acids is 1. The summed E-state index contributed by atoms with van der Waals surface area (Å²) in [6.07, 6.45) is 0.745. The van der Waals surface area contributed by atoms with E-state index in [-0.39, 0.29) is 28.8 Å². The molecule has 0 bridgehead atoms. The Balaban J connectivity index is 1.96. The second kappa shape index (κ2) is 13.3. The largest absolute Gasteiger partial charge is 0.480 e. The summed E-state index contributed by atoms with van der Waals surface area (Å²) in [5, 5.41) is 12.9. The van der Waals surface area contributed by atoms with Crippen molar-refractivity contribution < 1.29 is 32.2 Å². The van der Waals surface area contributed by atoms with Crippen LogP contribution >= 0.6 is 0 Å². The lowest BCUT2D eigenvalue weighted by molar-refractivity contribution is -0.137. The van der Waals surface area contributed by atoms with Crippen LogP contribution in [0.5, 0.6) is 5.75 Å². The summed E-state index contributed by atoms with van der Waals surface area (Å²) < 4.78 is 46.2. The highest BCUT2D eigenvalue weighted by atomic mass is 32.2. The molecule has 0 aliphatic carbocycles. The van der Waals surface area contributed by atoms with Crippen LogP contribution in [0.3, 0.4) is 0 Å². The van der Waals surface area contributed by atoms with Crippen molar-refractivity contribution in [2.24, 2.45) is 0 Å². The van der Waals surface area contributed by atoms with E-state index in [1.54, 1.807) is 38.4 Å². The first kappa shape index (κ1) is 31.1. The van der Waals surface area contributed by atoms with Crippen molar-refractivity contribution >= 4 is 39.5 Å². The van der Waals surface area contributed by atoms with Gasteiger partial charge in [0.05, 0.1) is 11.1 Å². The number of aromatic nitrogens is 2. The van der Waals surface area contributed by atoms with Gasteiger partial charge in [-0.25, -0.2) is 27.4 Å². The number of amides is 1. The molecule has 1 aromatic heterocycles. The molecular weight excluding hydrogens is 555 g/mol. The zero-order chi connectivity index (χ0) is 30.3. The molecule has 0 spiro atoms. The summed E-state index contributed by atoms with van der Waals surface area (Å²) in [4.78, 5) is 35.8. The van der Waals surface area contributed by atoms with Crippen LogP contribution in [-0.4, -0.2) is 80.7 Å². The molecule has 1 amide bonds. The van der Waals surface area contributed by atoms with Crippen LogP contribution in [0.25, 0.3) is 0 Å². The van der Waals surface area contributed by atoms with E-state index in [9.17, 15) is 27.5 Å². The first-order valence-electron chi connectivity index (χ1n) is 12.7. The van der Waals surface area contributed by atoms with Crippen LogP contribution in [0, 0.1) is 5.82 Å². The van der Waals surface area contributed by atoms with Crippen molar-refractivity contribution in [3.05, 3.63) is 66.1 Å². The molecule has 14 heteroatoms. The third kappa shape index (κ3) is 7.60. The number of carboxylic acid groups (broad SMARTS) is 1. The maximum Gasteiger partial charge on any atom is 0.414 e. The first-order valence-corrected chi connectivity index (χ1v) is 14.1. The number of anilines is 3. The van der Waals surface area contributed by atoms with E-state index in [0.717, 1.165) is 28.6 Å². The van der Waals surface area contributed by atoms with E-state index in [4.69, 9.17) is 4.74 Å². The predicted molar refractivity (Wildman–Crippen MR) is 152 cm³/mol. The van der Waals surface area contributed by atoms with Gasteiger partial charge in [-0.3, -0.25) is 4.31 Å². The van der Waals surface area contributed by atoms with E-state index in [2.05, 4.69) is 15.3 Å². The molecule has 1 unspecified atom stereocenters. The highest BCUT2D eigenvalue weighted by molar-refractivity contribution is 7.92. The number of carbonyl (C=O) groups is 2. The third-order valence-electron chi connectivity index (χ3n) is 6.16. The molecule has 3 aromatic rings. The molecule has 220 valence electrons. The molecule has 2 N–H and O–H groups in total. The number of ether oxygens (including phenoxy) is 1. The number of halogens is 1. The second-order valence-electron chi connectivity index (χ2n) is 9.15. The summed E-state index contributed by atoms with van der Waals surface area (Å²) in [6.45, 7) is 4.93. The van der Waals surface area contributed by atoms with Crippen LogP contribution in [0.1, 0.15) is 19.4 Å². The van der Waals surface area contributed by atoms with Crippen molar-refractivity contribution in [2.45, 2.75) is 31.2 Å². The highest BCUT2D eigenvalue weighted by Crippen LogP contribution is 2.30. The van der Waals surface area contributed by atoms with Crippen LogP contribution in [0.2, 0.25) is 0 Å². The number of rotatable bonds is 12. The smallest absolute Gasteiger partial charge is 0.414 e. The van der Waals surface area contributed by atoms with Gasteiger partial charge >= 0.3 is 12.1 Å². The van der Waals surface area contributed by atoms with Gasteiger partial charge in [-0.05, 0) is 55.8 Å². The fraction of sp³-hybridized carbons (Fsp3) is 0.333. The second-order valence-corrected chi connectivity index (χ2v) is 11.1. The molecule has 2 aromatic carbocycles. The Bertz CT molecular complexity index is 1460. The quantitative estimate of drug-likeness (QED) is 0.323. The molecule has 0 saturated carbocycles. The zero-order valence-electron chi connectivity index (χ0n) is 23.4. The molecule has 3 rings (SSSR count). The van der Waals surface area contributed by atoms with Crippen LogP contribution in [-0.2, 0) is 21.2 Å². The minimum absolute atomic E-state index is 0.00225. The zero-order valence-corrected chi connectivity index (χ0v) is 24.2. The van der Waals surface area contributed by atoms with Crippen LogP contribution in [0.4, 0.5) is 26.6 Å². The number of nitrogens with one attached hydrogen (secondary N) is 1. The maximum absolute atomic E-state index is 13.4. The summed E-state index contributed by atoms with van der Waals surface area (Å²) >= 11 is 0. The van der Waals surface area contributed by atoms with Gasteiger partial charge in [-0.1, -0.05) is 12.1 Å². The minimum Gasteiger partial charge on any atom is -0.480 e. The molecule has 41 heavy (non-hydrogen) atoms. The Labute approximate surface area is 238 Å².